The van der Waals surface area contributed by atoms with Gasteiger partial charge in [0.05, 0.1) is 26.4 Å². The molecule has 0 aromatic heterocycles. The molecular formula is C21H24O6. The van der Waals surface area contributed by atoms with E-state index < -0.39 is 17.7 Å². The van der Waals surface area contributed by atoms with E-state index in [1.54, 1.807) is 0 Å². The van der Waals surface area contributed by atoms with Crippen LogP contribution in [0.1, 0.15) is 45.5 Å². The zero-order valence-corrected chi connectivity index (χ0v) is 15.6. The molecule has 0 aliphatic carbocycles. The van der Waals surface area contributed by atoms with Crippen LogP contribution >= 0.6 is 0 Å². The molecule has 144 valence electrons. The van der Waals surface area contributed by atoms with Gasteiger partial charge in [-0.05, 0) is 43.4 Å². The van der Waals surface area contributed by atoms with E-state index in [1.807, 2.05) is 18.2 Å². The van der Waals surface area contributed by atoms with E-state index in [1.165, 1.54) is 31.9 Å². The van der Waals surface area contributed by atoms with Gasteiger partial charge in [0, 0.05) is 0 Å². The van der Waals surface area contributed by atoms with Gasteiger partial charge in [-0.15, -0.1) is 0 Å². The Morgan fingerprint density at radius 3 is 2.26 bits per heavy atom. The van der Waals surface area contributed by atoms with Gasteiger partial charge < -0.3 is 19.3 Å². The Morgan fingerprint density at radius 2 is 1.59 bits per heavy atom. The van der Waals surface area contributed by atoms with E-state index in [-0.39, 0.29) is 16.9 Å². The molecule has 0 radical (unpaired) electrons. The van der Waals surface area contributed by atoms with Crippen molar-refractivity contribution in [2.24, 2.45) is 0 Å². The molecular weight excluding hydrogens is 348 g/mol. The van der Waals surface area contributed by atoms with Crippen LogP contribution in [-0.2, 0) is 15.9 Å². The first-order valence-electron chi connectivity index (χ1n) is 8.77. The molecule has 6 heteroatoms. The number of rotatable bonds is 9. The van der Waals surface area contributed by atoms with Crippen LogP contribution in [-0.4, -0.2) is 37.9 Å². The third kappa shape index (κ3) is 5.48. The molecule has 0 aliphatic heterocycles. The normalized spacial score (nSPS) is 10.3. The Balaban J connectivity index is 1.92. The summed E-state index contributed by atoms with van der Waals surface area (Å²) in [7, 11) is 2.36. The number of phenolic OH excluding ortho intramolecular Hbond substituents is 1. The van der Waals surface area contributed by atoms with Crippen LogP contribution in [0.2, 0.25) is 0 Å². The molecule has 0 amide bonds. The van der Waals surface area contributed by atoms with Gasteiger partial charge in [0.2, 0.25) is 0 Å². The van der Waals surface area contributed by atoms with E-state index >= 15 is 0 Å². The lowest BCUT2D eigenvalue weighted by Gasteiger charge is -2.13. The van der Waals surface area contributed by atoms with Gasteiger partial charge in [0.25, 0.3) is 0 Å². The van der Waals surface area contributed by atoms with Crippen LogP contribution < -0.4 is 4.74 Å². The van der Waals surface area contributed by atoms with Crippen LogP contribution in [0.5, 0.6) is 11.5 Å². The summed E-state index contributed by atoms with van der Waals surface area (Å²) in [5, 5.41) is 10.3. The number of esters is 2. The second-order valence-electron chi connectivity index (χ2n) is 5.96. The highest BCUT2D eigenvalue weighted by molar-refractivity contribution is 6.05. The largest absolute Gasteiger partial charge is 0.504 e. The molecule has 6 nitrogen and oxygen atoms in total. The first-order valence-corrected chi connectivity index (χ1v) is 8.77. The fraction of sp³-hybridized carbons (Fsp3) is 0.333. The van der Waals surface area contributed by atoms with Gasteiger partial charge in [-0.3, -0.25) is 0 Å². The van der Waals surface area contributed by atoms with E-state index in [4.69, 9.17) is 4.74 Å². The molecule has 0 saturated heterocycles. The minimum absolute atomic E-state index is 0.0722. The number of methoxy groups -OCH3 is 2. The minimum Gasteiger partial charge on any atom is -0.504 e. The van der Waals surface area contributed by atoms with Crippen molar-refractivity contribution in [3.8, 4) is 11.5 Å². The Kier molecular flexibility index (Phi) is 7.67. The number of aromatic hydroxyl groups is 1. The van der Waals surface area contributed by atoms with Crippen molar-refractivity contribution in [2.75, 3.05) is 20.8 Å². The number of carbonyl (C=O) groups is 2. The van der Waals surface area contributed by atoms with Crippen molar-refractivity contribution in [1.29, 1.82) is 0 Å². The van der Waals surface area contributed by atoms with Crippen LogP contribution in [0.3, 0.4) is 0 Å². The van der Waals surface area contributed by atoms with Crippen molar-refractivity contribution in [1.82, 2.24) is 0 Å². The first kappa shape index (κ1) is 20.3. The maximum absolute atomic E-state index is 11.9. The van der Waals surface area contributed by atoms with Crippen molar-refractivity contribution >= 4 is 11.9 Å². The number of hydrogen-bond donors (Lipinski definition) is 1. The van der Waals surface area contributed by atoms with Crippen molar-refractivity contribution < 1.29 is 28.9 Å². The van der Waals surface area contributed by atoms with Crippen molar-refractivity contribution in [3.05, 3.63) is 59.2 Å². The molecule has 0 saturated carbocycles. The molecule has 0 aliphatic rings. The second kappa shape index (κ2) is 10.2. The van der Waals surface area contributed by atoms with E-state index in [9.17, 15) is 14.7 Å². The van der Waals surface area contributed by atoms with Crippen LogP contribution in [0, 0.1) is 0 Å². The summed E-state index contributed by atoms with van der Waals surface area (Å²) in [6.07, 6.45) is 3.82. The summed E-state index contributed by atoms with van der Waals surface area (Å²) < 4.78 is 14.9. The molecule has 0 fully saturated rings. The minimum atomic E-state index is -0.832. The summed E-state index contributed by atoms with van der Waals surface area (Å²) in [5.74, 6) is -1.86. The van der Waals surface area contributed by atoms with Gasteiger partial charge in [-0.25, -0.2) is 9.59 Å². The lowest BCUT2D eigenvalue weighted by Crippen LogP contribution is -2.13. The molecule has 2 aromatic rings. The standard InChI is InChI=1S/C21H24O6/c1-25-20(23)16-12-13-17(19(22)18(16)21(24)26-2)27-14-8-4-7-11-15-9-5-3-6-10-15/h3,5-6,9-10,12-13,22H,4,7-8,11,14H2,1-2H3. The highest BCUT2D eigenvalue weighted by atomic mass is 16.5. The molecule has 2 rings (SSSR count). The van der Waals surface area contributed by atoms with Crippen LogP contribution in [0.4, 0.5) is 0 Å². The van der Waals surface area contributed by atoms with Crippen LogP contribution in [0.25, 0.3) is 0 Å². The topological polar surface area (TPSA) is 82.1 Å². The number of phenols is 1. The monoisotopic (exact) mass is 372 g/mol. The van der Waals surface area contributed by atoms with Crippen molar-refractivity contribution in [3.63, 3.8) is 0 Å². The average Bonchev–Trinajstić information content (AvgIpc) is 2.70. The third-order valence-electron chi connectivity index (χ3n) is 4.15. The first-order chi connectivity index (χ1) is 13.1. The highest BCUT2D eigenvalue weighted by Gasteiger charge is 2.25. The number of hydrogen-bond acceptors (Lipinski definition) is 6. The fourth-order valence-electron chi connectivity index (χ4n) is 2.71. The van der Waals surface area contributed by atoms with E-state index in [2.05, 4.69) is 21.6 Å². The highest BCUT2D eigenvalue weighted by Crippen LogP contribution is 2.33. The molecule has 27 heavy (non-hydrogen) atoms. The molecule has 0 bridgehead atoms. The van der Waals surface area contributed by atoms with Gasteiger partial charge in [0.15, 0.2) is 11.5 Å². The molecule has 0 spiro atoms. The maximum Gasteiger partial charge on any atom is 0.342 e. The summed E-state index contributed by atoms with van der Waals surface area (Å²) >= 11 is 0. The molecule has 0 unspecified atom stereocenters. The predicted octanol–water partition coefficient (Wildman–Crippen LogP) is 3.76. The van der Waals surface area contributed by atoms with Gasteiger partial charge >= 0.3 is 11.9 Å². The van der Waals surface area contributed by atoms with Gasteiger partial charge in [-0.1, -0.05) is 30.3 Å². The zero-order valence-electron chi connectivity index (χ0n) is 15.6. The second-order valence-corrected chi connectivity index (χ2v) is 5.96. The summed E-state index contributed by atoms with van der Waals surface area (Å²) in [6, 6.07) is 13.1. The fourth-order valence-corrected chi connectivity index (χ4v) is 2.71. The number of ether oxygens (including phenoxy) is 3. The molecule has 0 atom stereocenters. The lowest BCUT2D eigenvalue weighted by molar-refractivity contribution is 0.0551. The Labute approximate surface area is 158 Å². The SMILES string of the molecule is COC(=O)c1ccc(OCCCCCc2ccccc2)c(O)c1C(=O)OC. The Hall–Kier alpha value is -3.02. The Morgan fingerprint density at radius 1 is 0.889 bits per heavy atom. The van der Waals surface area contributed by atoms with Crippen molar-refractivity contribution in [2.45, 2.75) is 25.7 Å². The number of carbonyl (C=O) groups excluding carboxylic acids is 2. The summed E-state index contributed by atoms with van der Waals surface area (Å²) in [5.41, 5.74) is 0.972. The van der Waals surface area contributed by atoms with Gasteiger partial charge in [-0.2, -0.15) is 0 Å². The Bertz CT molecular complexity index is 770. The molecule has 0 heterocycles. The number of benzene rings is 2. The summed E-state index contributed by atoms with van der Waals surface area (Å²) in [6.45, 7) is 0.389. The van der Waals surface area contributed by atoms with E-state index in [0.29, 0.717) is 6.61 Å². The molecule has 2 aromatic carbocycles. The van der Waals surface area contributed by atoms with Crippen LogP contribution in [0.15, 0.2) is 42.5 Å². The number of aryl methyl sites for hydroxylation is 1. The zero-order chi connectivity index (χ0) is 19.6. The molecule has 1 N–H and O–H groups in total. The van der Waals surface area contributed by atoms with Gasteiger partial charge in [0.1, 0.15) is 5.56 Å². The average molecular weight is 372 g/mol. The predicted molar refractivity (Wildman–Crippen MR) is 100 cm³/mol. The summed E-state index contributed by atoms with van der Waals surface area (Å²) in [4.78, 5) is 23.7. The van der Waals surface area contributed by atoms with E-state index in [0.717, 1.165) is 25.7 Å². The number of unbranched alkanes of at least 4 members (excludes halogenated alkanes) is 2. The smallest absolute Gasteiger partial charge is 0.342 e. The quantitative estimate of drug-likeness (QED) is 0.533. The third-order valence-corrected chi connectivity index (χ3v) is 4.15. The maximum atomic E-state index is 11.9. The lowest BCUT2D eigenvalue weighted by atomic mass is 10.1.